The number of rotatable bonds is 10. The Morgan fingerprint density at radius 1 is 1.12 bits per heavy atom. The molecule has 166 valence electrons. The Hall–Kier alpha value is -3.23. The Morgan fingerprint density at radius 2 is 1.78 bits per heavy atom. The Labute approximate surface area is 194 Å². The van der Waals surface area contributed by atoms with E-state index in [4.69, 9.17) is 11.2 Å². The van der Waals surface area contributed by atoms with E-state index in [1.807, 2.05) is 12.1 Å². The lowest BCUT2D eigenvalue weighted by Crippen LogP contribution is -2.20. The molecule has 0 aromatic heterocycles. The molecule has 0 saturated carbocycles. The van der Waals surface area contributed by atoms with Crippen LogP contribution in [-0.2, 0) is 11.8 Å². The highest BCUT2D eigenvalue weighted by Crippen LogP contribution is 2.34. The largest absolute Gasteiger partial charge is 0.493 e. The molecule has 0 aliphatic carbocycles. The standard InChI is InChI=1S/C30H35NO/c1-8-23(4)15-16-26(20-31)24(5)17-25-11-9-12-27(18-25)30(6,7)28-13-10-14-29(19-28)32-21-22(2)3/h1,9-16,18-19,22,24,26H,4,17,21H2,2-3,5-7H3/b16-15+. The van der Waals surface area contributed by atoms with Crippen LogP contribution in [0.4, 0.5) is 0 Å². The van der Waals surface area contributed by atoms with Gasteiger partial charge in [-0.25, -0.2) is 0 Å². The molecule has 0 bridgehead atoms. The van der Waals surface area contributed by atoms with Gasteiger partial charge in [-0.05, 0) is 53.2 Å². The molecule has 2 nitrogen and oxygen atoms in total. The summed E-state index contributed by atoms with van der Waals surface area (Å²) >= 11 is 0. The van der Waals surface area contributed by atoms with Crippen LogP contribution in [0.5, 0.6) is 5.75 Å². The molecule has 0 spiro atoms. The van der Waals surface area contributed by atoms with Crippen LogP contribution < -0.4 is 4.74 Å². The molecular weight excluding hydrogens is 390 g/mol. The van der Waals surface area contributed by atoms with Gasteiger partial charge in [-0.2, -0.15) is 5.26 Å². The fourth-order valence-corrected chi connectivity index (χ4v) is 3.62. The summed E-state index contributed by atoms with van der Waals surface area (Å²) in [5.41, 5.74) is 4.10. The summed E-state index contributed by atoms with van der Waals surface area (Å²) in [7, 11) is 0. The van der Waals surface area contributed by atoms with Crippen LogP contribution in [0.2, 0.25) is 0 Å². The van der Waals surface area contributed by atoms with Gasteiger partial charge in [0.2, 0.25) is 0 Å². The number of hydrogen-bond donors (Lipinski definition) is 0. The van der Waals surface area contributed by atoms with Gasteiger partial charge >= 0.3 is 0 Å². The van der Waals surface area contributed by atoms with Gasteiger partial charge in [0.05, 0.1) is 18.6 Å². The fraction of sp³-hybridized carbons (Fsp3) is 0.367. The van der Waals surface area contributed by atoms with Gasteiger partial charge in [-0.15, -0.1) is 6.42 Å². The third-order valence-electron chi connectivity index (χ3n) is 5.80. The number of allylic oxidation sites excluding steroid dienone is 3. The minimum absolute atomic E-state index is 0.160. The SMILES string of the molecule is C#CC(=C)/C=C/C(C#N)C(C)Cc1cccc(C(C)(C)c2cccc(OCC(C)C)c2)c1. The van der Waals surface area contributed by atoms with Crippen LogP contribution in [0.1, 0.15) is 51.3 Å². The lowest BCUT2D eigenvalue weighted by atomic mass is 9.77. The van der Waals surface area contributed by atoms with E-state index in [-0.39, 0.29) is 17.3 Å². The minimum atomic E-state index is -0.216. The highest BCUT2D eigenvalue weighted by molar-refractivity contribution is 5.42. The van der Waals surface area contributed by atoms with Crippen LogP contribution in [0.3, 0.4) is 0 Å². The van der Waals surface area contributed by atoms with Crippen molar-refractivity contribution >= 4 is 0 Å². The molecule has 2 atom stereocenters. The molecule has 0 heterocycles. The van der Waals surface area contributed by atoms with Crippen molar-refractivity contribution in [1.82, 2.24) is 0 Å². The maximum absolute atomic E-state index is 9.60. The fourth-order valence-electron chi connectivity index (χ4n) is 3.62. The number of benzene rings is 2. The van der Waals surface area contributed by atoms with Crippen LogP contribution in [0, 0.1) is 41.4 Å². The van der Waals surface area contributed by atoms with Gasteiger partial charge in [0.15, 0.2) is 0 Å². The highest BCUT2D eigenvalue weighted by atomic mass is 16.5. The van der Waals surface area contributed by atoms with E-state index in [1.165, 1.54) is 16.7 Å². The maximum atomic E-state index is 9.60. The normalized spacial score (nSPS) is 13.4. The van der Waals surface area contributed by atoms with Crippen molar-refractivity contribution in [1.29, 1.82) is 5.26 Å². The molecule has 2 unspecified atom stereocenters. The van der Waals surface area contributed by atoms with Gasteiger partial charge in [-0.3, -0.25) is 0 Å². The predicted octanol–water partition coefficient (Wildman–Crippen LogP) is 7.11. The minimum Gasteiger partial charge on any atom is -0.493 e. The van der Waals surface area contributed by atoms with E-state index in [1.54, 1.807) is 6.08 Å². The topological polar surface area (TPSA) is 33.0 Å². The van der Waals surface area contributed by atoms with Crippen molar-refractivity contribution in [3.63, 3.8) is 0 Å². The summed E-state index contributed by atoms with van der Waals surface area (Å²) in [5.74, 6) is 3.83. The highest BCUT2D eigenvalue weighted by Gasteiger charge is 2.24. The zero-order chi connectivity index (χ0) is 23.7. The van der Waals surface area contributed by atoms with Gasteiger partial charge < -0.3 is 4.74 Å². The Kier molecular flexibility index (Phi) is 8.92. The van der Waals surface area contributed by atoms with Crippen molar-refractivity contribution in [2.24, 2.45) is 17.8 Å². The lowest BCUT2D eigenvalue weighted by Gasteiger charge is -2.27. The zero-order valence-corrected chi connectivity index (χ0v) is 20.1. The first-order chi connectivity index (χ1) is 15.2. The predicted molar refractivity (Wildman–Crippen MR) is 134 cm³/mol. The summed E-state index contributed by atoms with van der Waals surface area (Å²) in [4.78, 5) is 0. The quantitative estimate of drug-likeness (QED) is 0.300. The number of nitriles is 1. The van der Waals surface area contributed by atoms with Crippen molar-refractivity contribution in [2.45, 2.75) is 46.5 Å². The first-order valence-electron chi connectivity index (χ1n) is 11.2. The van der Waals surface area contributed by atoms with Crippen molar-refractivity contribution in [2.75, 3.05) is 6.61 Å². The molecule has 0 aliphatic heterocycles. The molecule has 2 aromatic carbocycles. The van der Waals surface area contributed by atoms with Crippen LogP contribution in [-0.4, -0.2) is 6.61 Å². The summed E-state index contributed by atoms with van der Waals surface area (Å²) in [6.45, 7) is 15.4. The number of nitrogens with zero attached hydrogens (tertiary/aromatic N) is 1. The van der Waals surface area contributed by atoms with Crippen molar-refractivity contribution in [3.05, 3.63) is 89.5 Å². The van der Waals surface area contributed by atoms with Crippen LogP contribution in [0.25, 0.3) is 0 Å². The third kappa shape index (κ3) is 6.90. The van der Waals surface area contributed by atoms with Crippen LogP contribution in [0.15, 0.2) is 72.8 Å². The smallest absolute Gasteiger partial charge is 0.119 e. The third-order valence-corrected chi connectivity index (χ3v) is 5.80. The monoisotopic (exact) mass is 425 g/mol. The average molecular weight is 426 g/mol. The molecule has 2 aromatic rings. The molecule has 0 fully saturated rings. The molecule has 0 N–H and O–H groups in total. The van der Waals surface area contributed by atoms with Gasteiger partial charge in [0.25, 0.3) is 0 Å². The van der Waals surface area contributed by atoms with E-state index >= 15 is 0 Å². The molecule has 0 aliphatic rings. The molecule has 2 heteroatoms. The Bertz CT molecular complexity index is 1030. The molecule has 0 radical (unpaired) electrons. The molecular formula is C30H35NO. The van der Waals surface area contributed by atoms with Crippen molar-refractivity contribution < 1.29 is 4.74 Å². The average Bonchev–Trinajstić information content (AvgIpc) is 2.78. The summed E-state index contributed by atoms with van der Waals surface area (Å²) in [5, 5.41) is 9.60. The summed E-state index contributed by atoms with van der Waals surface area (Å²) < 4.78 is 5.95. The number of hydrogen-bond acceptors (Lipinski definition) is 2. The summed E-state index contributed by atoms with van der Waals surface area (Å²) in [6, 6.07) is 19.5. The molecule has 2 rings (SSSR count). The second kappa shape index (κ2) is 11.4. The lowest BCUT2D eigenvalue weighted by molar-refractivity contribution is 0.270. The first kappa shape index (κ1) is 25.0. The van der Waals surface area contributed by atoms with E-state index < -0.39 is 0 Å². The van der Waals surface area contributed by atoms with E-state index in [0.717, 1.165) is 12.2 Å². The van der Waals surface area contributed by atoms with Crippen LogP contribution >= 0.6 is 0 Å². The molecule has 0 saturated heterocycles. The molecule has 0 amide bonds. The van der Waals surface area contributed by atoms with E-state index in [9.17, 15) is 5.26 Å². The molecule has 32 heavy (non-hydrogen) atoms. The Morgan fingerprint density at radius 3 is 2.41 bits per heavy atom. The maximum Gasteiger partial charge on any atom is 0.119 e. The van der Waals surface area contributed by atoms with Crippen molar-refractivity contribution in [3.8, 4) is 24.2 Å². The number of terminal acetylenes is 1. The van der Waals surface area contributed by atoms with E-state index in [2.05, 4.69) is 95.7 Å². The summed E-state index contributed by atoms with van der Waals surface area (Å²) in [6.07, 6.45) is 9.79. The van der Waals surface area contributed by atoms with Gasteiger partial charge in [0, 0.05) is 11.0 Å². The van der Waals surface area contributed by atoms with Gasteiger partial charge in [-0.1, -0.05) is 89.6 Å². The second-order valence-electron chi connectivity index (χ2n) is 9.42. The van der Waals surface area contributed by atoms with E-state index in [0.29, 0.717) is 18.1 Å². The Balaban J connectivity index is 2.22. The second-order valence-corrected chi connectivity index (χ2v) is 9.42. The first-order valence-corrected chi connectivity index (χ1v) is 11.2. The zero-order valence-electron chi connectivity index (χ0n) is 20.1. The number of ether oxygens (including phenoxy) is 1. The van der Waals surface area contributed by atoms with Gasteiger partial charge in [0.1, 0.15) is 5.75 Å².